The molecule has 1 unspecified atom stereocenters. The zero-order chi connectivity index (χ0) is 12.7. The van der Waals surface area contributed by atoms with Crippen LogP contribution in [0, 0.1) is 0 Å². The molecule has 0 aromatic rings. The Balaban J connectivity index is 4.58. The van der Waals surface area contributed by atoms with Gasteiger partial charge in [0.15, 0.2) is 0 Å². The van der Waals surface area contributed by atoms with Gasteiger partial charge in [-0.3, -0.25) is 0 Å². The van der Waals surface area contributed by atoms with Crippen molar-refractivity contribution in [1.82, 2.24) is 0 Å². The monoisotopic (exact) mass is 264 g/mol. The van der Waals surface area contributed by atoms with E-state index < -0.39 is 0 Å². The lowest BCUT2D eigenvalue weighted by Gasteiger charge is -2.39. The normalized spacial score (nSPS) is 16.1. The topological polar surface area (TPSA) is 20.2 Å². The van der Waals surface area contributed by atoms with E-state index in [1.807, 2.05) is 23.5 Å². The molecule has 0 aliphatic carbocycles. The first-order chi connectivity index (χ1) is 7.51. The Labute approximate surface area is 110 Å². The molecule has 0 fully saturated rings. The van der Waals surface area contributed by atoms with Crippen molar-refractivity contribution < 1.29 is 5.11 Å². The number of thioether (sulfide) groups is 2. The van der Waals surface area contributed by atoms with Crippen LogP contribution in [-0.4, -0.2) is 33.2 Å². The van der Waals surface area contributed by atoms with E-state index in [2.05, 4.69) is 34.0 Å². The molecule has 1 atom stereocenters. The van der Waals surface area contributed by atoms with Gasteiger partial charge in [-0.05, 0) is 31.9 Å². The summed E-state index contributed by atoms with van der Waals surface area (Å²) in [6.45, 7) is 9.51. The SMILES string of the molecule is CCC(C)(CC(CC)(CC)SC)SCCO. The molecule has 3 heteroatoms. The van der Waals surface area contributed by atoms with Gasteiger partial charge in [0.05, 0.1) is 6.61 Å². The summed E-state index contributed by atoms with van der Waals surface area (Å²) in [5.74, 6) is 0.863. The van der Waals surface area contributed by atoms with Crippen LogP contribution in [-0.2, 0) is 0 Å². The molecule has 1 nitrogen and oxygen atoms in total. The molecule has 0 spiro atoms. The van der Waals surface area contributed by atoms with E-state index in [1.54, 1.807) is 0 Å². The predicted molar refractivity (Wildman–Crippen MR) is 79.7 cm³/mol. The largest absolute Gasteiger partial charge is 0.396 e. The van der Waals surface area contributed by atoms with Crippen molar-refractivity contribution in [2.45, 2.75) is 62.9 Å². The van der Waals surface area contributed by atoms with Gasteiger partial charge in [-0.1, -0.05) is 27.7 Å². The van der Waals surface area contributed by atoms with Crippen LogP contribution >= 0.6 is 23.5 Å². The summed E-state index contributed by atoms with van der Waals surface area (Å²) >= 11 is 3.95. The number of aliphatic hydroxyl groups is 1. The van der Waals surface area contributed by atoms with E-state index in [0.717, 1.165) is 5.75 Å². The van der Waals surface area contributed by atoms with Crippen LogP contribution in [0.3, 0.4) is 0 Å². The number of aliphatic hydroxyl groups excluding tert-OH is 1. The summed E-state index contributed by atoms with van der Waals surface area (Å²) in [6.07, 6.45) is 7.13. The fraction of sp³-hybridized carbons (Fsp3) is 1.00. The van der Waals surface area contributed by atoms with Crippen LogP contribution in [0.15, 0.2) is 0 Å². The minimum atomic E-state index is 0.296. The smallest absolute Gasteiger partial charge is 0.0521 e. The summed E-state index contributed by atoms with van der Waals surface area (Å²) in [5.41, 5.74) is 0. The first-order valence-electron chi connectivity index (χ1n) is 6.31. The van der Waals surface area contributed by atoms with Gasteiger partial charge in [0.25, 0.3) is 0 Å². The number of hydrogen-bond acceptors (Lipinski definition) is 3. The van der Waals surface area contributed by atoms with Crippen LogP contribution in [0.1, 0.15) is 53.4 Å². The van der Waals surface area contributed by atoms with E-state index in [0.29, 0.717) is 16.1 Å². The van der Waals surface area contributed by atoms with Crippen molar-refractivity contribution in [3.63, 3.8) is 0 Å². The van der Waals surface area contributed by atoms with E-state index in [1.165, 1.54) is 25.7 Å². The third-order valence-electron chi connectivity index (χ3n) is 3.71. The molecule has 0 aromatic heterocycles. The molecular formula is C13H28OS2. The number of rotatable bonds is 9. The van der Waals surface area contributed by atoms with Crippen LogP contribution < -0.4 is 0 Å². The highest BCUT2D eigenvalue weighted by atomic mass is 32.2. The Morgan fingerprint density at radius 2 is 1.62 bits per heavy atom. The predicted octanol–water partition coefficient (Wildman–Crippen LogP) is 4.19. The molecule has 0 aliphatic heterocycles. The summed E-state index contributed by atoms with van der Waals surface area (Å²) < 4.78 is 0.741. The van der Waals surface area contributed by atoms with Gasteiger partial charge in [-0.15, -0.1) is 0 Å². The van der Waals surface area contributed by atoms with Crippen LogP contribution in [0.5, 0.6) is 0 Å². The van der Waals surface area contributed by atoms with E-state index in [-0.39, 0.29) is 0 Å². The Kier molecular flexibility index (Phi) is 8.21. The molecule has 0 aromatic carbocycles. The Hall–Kier alpha value is 0.660. The summed E-state index contributed by atoms with van der Waals surface area (Å²) in [5, 5.41) is 8.97. The average molecular weight is 264 g/mol. The summed E-state index contributed by atoms with van der Waals surface area (Å²) in [6, 6.07) is 0. The van der Waals surface area contributed by atoms with Crippen molar-refractivity contribution in [2.24, 2.45) is 0 Å². The van der Waals surface area contributed by atoms with Gasteiger partial charge in [-0.2, -0.15) is 23.5 Å². The van der Waals surface area contributed by atoms with Crippen molar-refractivity contribution in [1.29, 1.82) is 0 Å². The minimum Gasteiger partial charge on any atom is -0.396 e. The zero-order valence-electron chi connectivity index (χ0n) is 11.5. The molecule has 1 N–H and O–H groups in total. The van der Waals surface area contributed by atoms with E-state index in [4.69, 9.17) is 5.11 Å². The highest BCUT2D eigenvalue weighted by molar-refractivity contribution is 8.01. The maximum atomic E-state index is 8.97. The van der Waals surface area contributed by atoms with Crippen molar-refractivity contribution in [3.8, 4) is 0 Å². The first kappa shape index (κ1) is 16.7. The maximum Gasteiger partial charge on any atom is 0.0521 e. The molecule has 0 saturated carbocycles. The first-order valence-corrected chi connectivity index (χ1v) is 8.52. The number of hydrogen-bond donors (Lipinski definition) is 1. The summed E-state index contributed by atoms with van der Waals surface area (Å²) in [7, 11) is 0. The zero-order valence-corrected chi connectivity index (χ0v) is 13.1. The average Bonchev–Trinajstić information content (AvgIpc) is 2.34. The lowest BCUT2D eigenvalue weighted by Crippen LogP contribution is -2.34. The van der Waals surface area contributed by atoms with Crippen LogP contribution in [0.25, 0.3) is 0 Å². The van der Waals surface area contributed by atoms with Crippen LogP contribution in [0.2, 0.25) is 0 Å². The molecule has 0 heterocycles. The fourth-order valence-electron chi connectivity index (χ4n) is 2.11. The highest BCUT2D eigenvalue weighted by Gasteiger charge is 2.35. The second-order valence-electron chi connectivity index (χ2n) is 4.65. The quantitative estimate of drug-likeness (QED) is 0.674. The Bertz CT molecular complexity index is 173. The molecule has 0 amide bonds. The van der Waals surface area contributed by atoms with Gasteiger partial charge in [-0.25, -0.2) is 0 Å². The molecule has 0 aliphatic rings. The second-order valence-corrected chi connectivity index (χ2v) is 7.60. The third kappa shape index (κ3) is 4.89. The van der Waals surface area contributed by atoms with E-state index >= 15 is 0 Å². The lowest BCUT2D eigenvalue weighted by molar-refractivity contribution is 0.321. The molecule has 16 heavy (non-hydrogen) atoms. The molecule has 0 saturated heterocycles. The minimum absolute atomic E-state index is 0.296. The fourth-order valence-corrected chi connectivity index (χ4v) is 4.41. The maximum absolute atomic E-state index is 8.97. The van der Waals surface area contributed by atoms with Gasteiger partial charge in [0.2, 0.25) is 0 Å². The lowest BCUT2D eigenvalue weighted by atomic mass is 9.88. The van der Waals surface area contributed by atoms with Crippen molar-refractivity contribution >= 4 is 23.5 Å². The molecule has 0 bridgehead atoms. The second kappa shape index (κ2) is 7.88. The third-order valence-corrected chi connectivity index (χ3v) is 6.81. The van der Waals surface area contributed by atoms with Crippen molar-refractivity contribution in [3.05, 3.63) is 0 Å². The van der Waals surface area contributed by atoms with Crippen LogP contribution in [0.4, 0.5) is 0 Å². The molecule has 98 valence electrons. The van der Waals surface area contributed by atoms with Gasteiger partial charge < -0.3 is 5.11 Å². The van der Waals surface area contributed by atoms with Gasteiger partial charge >= 0.3 is 0 Å². The van der Waals surface area contributed by atoms with Gasteiger partial charge in [0.1, 0.15) is 0 Å². The van der Waals surface area contributed by atoms with E-state index in [9.17, 15) is 0 Å². The van der Waals surface area contributed by atoms with Crippen molar-refractivity contribution in [2.75, 3.05) is 18.6 Å². The Morgan fingerprint density at radius 3 is 1.94 bits per heavy atom. The molecule has 0 rings (SSSR count). The Morgan fingerprint density at radius 1 is 1.06 bits per heavy atom. The molecule has 0 radical (unpaired) electrons. The van der Waals surface area contributed by atoms with Gasteiger partial charge in [0, 0.05) is 15.2 Å². The highest BCUT2D eigenvalue weighted by Crippen LogP contribution is 2.44. The summed E-state index contributed by atoms with van der Waals surface area (Å²) in [4.78, 5) is 0. The molecular weight excluding hydrogens is 236 g/mol. The standard InChI is InChI=1S/C13H28OS2/c1-6-12(4,16-10-9-14)11-13(7-2,8-3)15-5/h14H,6-11H2,1-5H3.